The normalized spacial score (nSPS) is 17.4. The van der Waals surface area contributed by atoms with E-state index in [1.165, 1.54) is 0 Å². The van der Waals surface area contributed by atoms with E-state index >= 15 is 0 Å². The molecule has 1 amide bonds. The quantitative estimate of drug-likeness (QED) is 0.884. The van der Waals surface area contributed by atoms with Gasteiger partial charge in [-0.2, -0.15) is 0 Å². The number of amides is 1. The number of rotatable bonds is 5. The molecule has 5 nitrogen and oxygen atoms in total. The summed E-state index contributed by atoms with van der Waals surface area (Å²) < 4.78 is 5.71. The van der Waals surface area contributed by atoms with Crippen molar-refractivity contribution in [3.05, 3.63) is 53.7 Å². The van der Waals surface area contributed by atoms with Crippen LogP contribution in [0.25, 0.3) is 0 Å². The van der Waals surface area contributed by atoms with Gasteiger partial charge < -0.3 is 14.6 Å². The molecule has 1 fully saturated rings. The van der Waals surface area contributed by atoms with Gasteiger partial charge >= 0.3 is 0 Å². The molecular formula is C19H26ClN3O2. The Labute approximate surface area is 155 Å². The average Bonchev–Trinajstić information content (AvgIpc) is 2.95. The van der Waals surface area contributed by atoms with Crippen molar-refractivity contribution in [2.24, 2.45) is 0 Å². The monoisotopic (exact) mass is 363 g/mol. The molecule has 0 aliphatic carbocycles. The second-order valence-electron chi connectivity index (χ2n) is 6.21. The fourth-order valence-electron chi connectivity index (χ4n) is 3.17. The summed E-state index contributed by atoms with van der Waals surface area (Å²) in [6.07, 6.45) is 5.61. The summed E-state index contributed by atoms with van der Waals surface area (Å²) in [4.78, 5) is 19.4. The van der Waals surface area contributed by atoms with Gasteiger partial charge in [0, 0.05) is 18.7 Å². The topological polar surface area (TPSA) is 58.4 Å². The van der Waals surface area contributed by atoms with Gasteiger partial charge in [-0.05, 0) is 56.6 Å². The third kappa shape index (κ3) is 5.06. The fraction of sp³-hybridized carbons (Fsp3) is 0.474. The molecule has 0 spiro atoms. The van der Waals surface area contributed by atoms with Crippen molar-refractivity contribution in [3.63, 3.8) is 0 Å². The van der Waals surface area contributed by atoms with E-state index in [4.69, 9.17) is 4.42 Å². The number of pyridine rings is 1. The molecule has 1 aliphatic heterocycles. The van der Waals surface area contributed by atoms with Gasteiger partial charge in [0.25, 0.3) is 5.91 Å². The molecular weight excluding hydrogens is 338 g/mol. The van der Waals surface area contributed by atoms with Crippen LogP contribution in [0.15, 0.2) is 40.9 Å². The molecule has 136 valence electrons. The number of carbonyl (C=O) groups excluding carboxylic acids is 1. The maximum absolute atomic E-state index is 13.1. The van der Waals surface area contributed by atoms with Crippen molar-refractivity contribution in [2.45, 2.75) is 45.2 Å². The highest BCUT2D eigenvalue weighted by molar-refractivity contribution is 5.91. The molecule has 6 heteroatoms. The minimum absolute atomic E-state index is 0. The Hall–Kier alpha value is -1.85. The average molecular weight is 364 g/mol. The second-order valence-corrected chi connectivity index (χ2v) is 6.21. The molecule has 3 rings (SSSR count). The van der Waals surface area contributed by atoms with Gasteiger partial charge in [0.1, 0.15) is 5.76 Å². The molecule has 0 saturated carbocycles. The highest BCUT2D eigenvalue weighted by Gasteiger charge is 2.27. The summed E-state index contributed by atoms with van der Waals surface area (Å²) >= 11 is 0. The minimum Gasteiger partial charge on any atom is -0.456 e. The van der Waals surface area contributed by atoms with Gasteiger partial charge in [0.2, 0.25) is 0 Å². The lowest BCUT2D eigenvalue weighted by Gasteiger charge is -2.30. The van der Waals surface area contributed by atoms with Crippen LogP contribution in [0.1, 0.15) is 48.2 Å². The molecule has 2 aromatic heterocycles. The lowest BCUT2D eigenvalue weighted by molar-refractivity contribution is 0.0608. The smallest absolute Gasteiger partial charge is 0.290 e. The van der Waals surface area contributed by atoms with E-state index in [2.05, 4.69) is 10.3 Å². The summed E-state index contributed by atoms with van der Waals surface area (Å²) in [5, 5.41) is 3.41. The number of aromatic nitrogens is 1. The number of nitrogens with one attached hydrogen (secondary N) is 1. The fourth-order valence-corrected chi connectivity index (χ4v) is 3.17. The summed E-state index contributed by atoms with van der Waals surface area (Å²) in [5.74, 6) is 1.24. The minimum atomic E-state index is -0.0350. The molecule has 0 radical (unpaired) electrons. The maximum atomic E-state index is 13.1. The summed E-state index contributed by atoms with van der Waals surface area (Å²) in [6, 6.07) is 9.72. The van der Waals surface area contributed by atoms with Gasteiger partial charge in [0.15, 0.2) is 5.76 Å². The number of carbonyl (C=O) groups is 1. The van der Waals surface area contributed by atoms with Gasteiger partial charge in [-0.1, -0.05) is 13.0 Å². The van der Waals surface area contributed by atoms with Crippen molar-refractivity contribution in [1.82, 2.24) is 15.2 Å². The van der Waals surface area contributed by atoms with E-state index in [9.17, 15) is 4.79 Å². The SMILES string of the molecule is CCc1ccc(C(=O)N(Cc2ccccn2)C2CCCNCC2)o1.Cl. The van der Waals surface area contributed by atoms with Crippen molar-refractivity contribution in [3.8, 4) is 0 Å². The number of furan rings is 1. The van der Waals surface area contributed by atoms with E-state index in [1.807, 2.05) is 36.1 Å². The van der Waals surface area contributed by atoms with Crippen LogP contribution in [0.3, 0.4) is 0 Å². The van der Waals surface area contributed by atoms with Crippen LogP contribution in [0, 0.1) is 0 Å². The van der Waals surface area contributed by atoms with Crippen LogP contribution >= 0.6 is 12.4 Å². The van der Waals surface area contributed by atoms with Gasteiger partial charge in [-0.25, -0.2) is 0 Å². The molecule has 1 atom stereocenters. The van der Waals surface area contributed by atoms with E-state index in [0.29, 0.717) is 12.3 Å². The number of hydrogen-bond donors (Lipinski definition) is 1. The van der Waals surface area contributed by atoms with Gasteiger partial charge in [-0.15, -0.1) is 12.4 Å². The Bertz CT molecular complexity index is 652. The molecule has 3 heterocycles. The predicted octanol–water partition coefficient (Wildman–Crippen LogP) is 3.44. The van der Waals surface area contributed by atoms with E-state index in [0.717, 1.165) is 50.2 Å². The Morgan fingerprint density at radius 2 is 2.16 bits per heavy atom. The van der Waals surface area contributed by atoms with Crippen LogP contribution in [0.2, 0.25) is 0 Å². The highest BCUT2D eigenvalue weighted by atomic mass is 35.5. The molecule has 1 saturated heterocycles. The molecule has 1 unspecified atom stereocenters. The molecule has 1 N–H and O–H groups in total. The van der Waals surface area contributed by atoms with Crippen molar-refractivity contribution >= 4 is 18.3 Å². The number of hydrogen-bond acceptors (Lipinski definition) is 4. The first-order valence-corrected chi connectivity index (χ1v) is 8.78. The van der Waals surface area contributed by atoms with Crippen LogP contribution < -0.4 is 5.32 Å². The van der Waals surface area contributed by atoms with Gasteiger partial charge in [0.05, 0.1) is 12.2 Å². The first-order valence-electron chi connectivity index (χ1n) is 8.78. The van der Waals surface area contributed by atoms with Crippen molar-refractivity contribution < 1.29 is 9.21 Å². The largest absolute Gasteiger partial charge is 0.456 e. The number of nitrogens with zero attached hydrogens (tertiary/aromatic N) is 2. The second kappa shape index (κ2) is 9.59. The number of halogens is 1. The van der Waals surface area contributed by atoms with Crippen LogP contribution in [-0.4, -0.2) is 34.9 Å². The molecule has 25 heavy (non-hydrogen) atoms. The van der Waals surface area contributed by atoms with Gasteiger partial charge in [-0.3, -0.25) is 9.78 Å². The highest BCUT2D eigenvalue weighted by Crippen LogP contribution is 2.20. The molecule has 2 aromatic rings. The summed E-state index contributed by atoms with van der Waals surface area (Å²) in [5.41, 5.74) is 0.908. The Morgan fingerprint density at radius 1 is 1.28 bits per heavy atom. The zero-order chi connectivity index (χ0) is 16.8. The standard InChI is InChI=1S/C19H25N3O2.ClH/c1-2-17-8-9-18(24-17)19(23)22(14-15-6-3-4-12-21-15)16-7-5-11-20-13-10-16;/h3-4,6,8-9,12,16,20H,2,5,7,10-11,13-14H2,1H3;1H. The Kier molecular flexibility index (Phi) is 7.47. The summed E-state index contributed by atoms with van der Waals surface area (Å²) in [7, 11) is 0. The van der Waals surface area contributed by atoms with Crippen molar-refractivity contribution in [2.75, 3.05) is 13.1 Å². The first kappa shape index (κ1) is 19.5. The molecule has 1 aliphatic rings. The maximum Gasteiger partial charge on any atom is 0.290 e. The number of aryl methyl sites for hydroxylation is 1. The van der Waals surface area contributed by atoms with E-state index < -0.39 is 0 Å². The zero-order valence-electron chi connectivity index (χ0n) is 14.6. The first-order chi connectivity index (χ1) is 11.8. The predicted molar refractivity (Wildman–Crippen MR) is 100.0 cm³/mol. The lowest BCUT2D eigenvalue weighted by Crippen LogP contribution is -2.40. The van der Waals surface area contributed by atoms with Crippen LogP contribution in [0.5, 0.6) is 0 Å². The van der Waals surface area contributed by atoms with E-state index in [1.54, 1.807) is 12.3 Å². The van der Waals surface area contributed by atoms with Crippen molar-refractivity contribution in [1.29, 1.82) is 0 Å². The van der Waals surface area contributed by atoms with E-state index in [-0.39, 0.29) is 24.4 Å². The Balaban J connectivity index is 0.00000225. The summed E-state index contributed by atoms with van der Waals surface area (Å²) in [6.45, 7) is 4.50. The van der Waals surface area contributed by atoms with Crippen LogP contribution in [-0.2, 0) is 13.0 Å². The molecule has 0 bridgehead atoms. The van der Waals surface area contributed by atoms with Crippen LogP contribution in [0.4, 0.5) is 0 Å². The Morgan fingerprint density at radius 3 is 2.88 bits per heavy atom. The third-order valence-electron chi connectivity index (χ3n) is 4.53. The molecule has 0 aromatic carbocycles. The zero-order valence-corrected chi connectivity index (χ0v) is 15.4. The lowest BCUT2D eigenvalue weighted by atomic mass is 10.1. The third-order valence-corrected chi connectivity index (χ3v) is 4.53.